The van der Waals surface area contributed by atoms with Crippen molar-refractivity contribution in [3.05, 3.63) is 125 Å². The molecular weight excluding hydrogens is 516 g/mol. The standard InChI is InChI=1S/C34H28N2O5/c1-2-19-40-26-15-8-5-12-23(26)30(37)29-28(31(38)27-16-9-20-41-27)34(24-13-6-7-14-25(24)35-33(34)39)32-22-11-4-3-10-21(22)17-18-36(29)32/h3-18,20,28-29,32H,2,19H2,1H3,(H,35,39). The zero-order chi connectivity index (χ0) is 28.1. The molecule has 1 N–H and O–H groups in total. The summed E-state index contributed by atoms with van der Waals surface area (Å²) >= 11 is 0. The number of Topliss-reactive ketones (excluding diaryl/α,β-unsaturated/α-hetero) is 2. The van der Waals surface area contributed by atoms with E-state index in [0.717, 1.165) is 17.5 Å². The van der Waals surface area contributed by atoms with Crippen LogP contribution in [0.25, 0.3) is 6.08 Å². The molecule has 41 heavy (non-hydrogen) atoms. The minimum atomic E-state index is -1.40. The van der Waals surface area contributed by atoms with Gasteiger partial charge >= 0.3 is 0 Å². The predicted octanol–water partition coefficient (Wildman–Crippen LogP) is 6.05. The Kier molecular flexibility index (Phi) is 5.89. The van der Waals surface area contributed by atoms with Crippen molar-refractivity contribution >= 4 is 29.2 Å². The van der Waals surface area contributed by atoms with E-state index in [2.05, 4.69) is 5.32 Å². The fraction of sp³-hybridized carbons (Fsp3) is 0.206. The highest BCUT2D eigenvalue weighted by Gasteiger charge is 2.71. The Morgan fingerprint density at radius 3 is 2.56 bits per heavy atom. The first-order valence-corrected chi connectivity index (χ1v) is 13.9. The van der Waals surface area contributed by atoms with Gasteiger partial charge in [-0.3, -0.25) is 14.4 Å². The van der Waals surface area contributed by atoms with Gasteiger partial charge in [0.25, 0.3) is 0 Å². The van der Waals surface area contributed by atoms with Crippen molar-refractivity contribution in [2.45, 2.75) is 30.8 Å². The van der Waals surface area contributed by atoms with Gasteiger partial charge in [0, 0.05) is 11.9 Å². The first kappa shape index (κ1) is 25.1. The molecule has 0 radical (unpaired) electrons. The fourth-order valence-corrected chi connectivity index (χ4v) is 6.91. The quantitative estimate of drug-likeness (QED) is 0.285. The molecule has 1 fully saturated rings. The second-order valence-corrected chi connectivity index (χ2v) is 10.6. The van der Waals surface area contributed by atoms with Crippen molar-refractivity contribution in [1.82, 2.24) is 4.90 Å². The maximum Gasteiger partial charge on any atom is 0.238 e. The van der Waals surface area contributed by atoms with E-state index in [0.29, 0.717) is 29.2 Å². The van der Waals surface area contributed by atoms with E-state index in [9.17, 15) is 14.4 Å². The van der Waals surface area contributed by atoms with Crippen LogP contribution >= 0.6 is 0 Å². The summed E-state index contributed by atoms with van der Waals surface area (Å²) < 4.78 is 11.6. The van der Waals surface area contributed by atoms with E-state index in [1.54, 1.807) is 30.3 Å². The summed E-state index contributed by atoms with van der Waals surface area (Å²) in [4.78, 5) is 45.7. The number of nitrogens with one attached hydrogen (secondary N) is 1. The molecule has 0 aliphatic carbocycles. The van der Waals surface area contributed by atoms with Crippen LogP contribution in [-0.2, 0) is 10.2 Å². The summed E-state index contributed by atoms with van der Waals surface area (Å²) in [5.41, 5.74) is 2.13. The Morgan fingerprint density at radius 1 is 0.951 bits per heavy atom. The van der Waals surface area contributed by atoms with Crippen LogP contribution in [0.5, 0.6) is 5.75 Å². The molecule has 1 saturated heterocycles. The largest absolute Gasteiger partial charge is 0.493 e. The molecule has 1 aromatic heterocycles. The number of furan rings is 1. The second kappa shape index (κ2) is 9.63. The highest BCUT2D eigenvalue weighted by Crippen LogP contribution is 2.62. The number of anilines is 1. The van der Waals surface area contributed by atoms with Crippen molar-refractivity contribution in [3.63, 3.8) is 0 Å². The van der Waals surface area contributed by atoms with E-state index in [4.69, 9.17) is 9.15 Å². The van der Waals surface area contributed by atoms with Crippen molar-refractivity contribution in [1.29, 1.82) is 0 Å². The minimum Gasteiger partial charge on any atom is -0.493 e. The number of rotatable bonds is 7. The van der Waals surface area contributed by atoms with Gasteiger partial charge in [-0.25, -0.2) is 0 Å². The first-order chi connectivity index (χ1) is 20.1. The van der Waals surface area contributed by atoms with Gasteiger partial charge in [0.15, 0.2) is 11.5 Å². The average Bonchev–Trinajstić information content (AvgIpc) is 3.72. The van der Waals surface area contributed by atoms with Gasteiger partial charge in [-0.05, 0) is 59.5 Å². The molecule has 7 heteroatoms. The molecule has 0 bridgehead atoms. The molecule has 3 aromatic carbocycles. The predicted molar refractivity (Wildman–Crippen MR) is 154 cm³/mol. The lowest BCUT2D eigenvalue weighted by atomic mass is 9.63. The number of hydrogen-bond donors (Lipinski definition) is 1. The molecule has 4 aromatic rings. The normalized spacial score (nSPS) is 23.6. The molecule has 7 nitrogen and oxygen atoms in total. The summed E-state index contributed by atoms with van der Waals surface area (Å²) in [6.07, 6.45) is 6.01. The molecule has 3 aliphatic rings. The summed E-state index contributed by atoms with van der Waals surface area (Å²) in [5, 5.41) is 3.05. The van der Waals surface area contributed by atoms with Crippen LogP contribution in [0.1, 0.15) is 57.0 Å². The second-order valence-electron chi connectivity index (χ2n) is 10.6. The van der Waals surface area contributed by atoms with Gasteiger partial charge < -0.3 is 19.4 Å². The van der Waals surface area contributed by atoms with Crippen molar-refractivity contribution in [2.24, 2.45) is 5.92 Å². The first-order valence-electron chi connectivity index (χ1n) is 13.9. The third-order valence-corrected chi connectivity index (χ3v) is 8.50. The summed E-state index contributed by atoms with van der Waals surface area (Å²) in [6, 6.07) is 24.0. The molecule has 4 heterocycles. The molecule has 4 atom stereocenters. The molecule has 4 unspecified atom stereocenters. The monoisotopic (exact) mass is 544 g/mol. The number of ketones is 2. The van der Waals surface area contributed by atoms with Gasteiger partial charge in [-0.15, -0.1) is 0 Å². The Labute approximate surface area is 237 Å². The lowest BCUT2D eigenvalue weighted by Gasteiger charge is -2.38. The van der Waals surface area contributed by atoms with E-state index in [1.165, 1.54) is 6.26 Å². The van der Waals surface area contributed by atoms with Gasteiger partial charge in [-0.2, -0.15) is 0 Å². The maximum atomic E-state index is 14.8. The molecule has 1 amide bonds. The average molecular weight is 545 g/mol. The molecule has 3 aliphatic heterocycles. The summed E-state index contributed by atoms with van der Waals surface area (Å²) in [7, 11) is 0. The molecule has 1 spiro atoms. The molecular formula is C34H28N2O5. The number of para-hydroxylation sites is 2. The number of carbonyl (C=O) groups is 3. The highest BCUT2D eigenvalue weighted by atomic mass is 16.5. The molecule has 7 rings (SSSR count). The Balaban J connectivity index is 1.51. The van der Waals surface area contributed by atoms with Crippen LogP contribution in [0.4, 0.5) is 5.69 Å². The number of benzene rings is 3. The number of nitrogens with zero attached hydrogens (tertiary/aromatic N) is 1. The van der Waals surface area contributed by atoms with Crippen molar-refractivity contribution in [3.8, 4) is 5.75 Å². The summed E-state index contributed by atoms with van der Waals surface area (Å²) in [5.74, 6) is -1.52. The number of ether oxygens (including phenoxy) is 1. The number of carbonyl (C=O) groups excluding carboxylic acids is 3. The highest BCUT2D eigenvalue weighted by molar-refractivity contribution is 6.16. The van der Waals surface area contributed by atoms with Gasteiger partial charge in [-0.1, -0.05) is 61.5 Å². The van der Waals surface area contributed by atoms with E-state index in [1.807, 2.05) is 78.7 Å². The maximum absolute atomic E-state index is 14.8. The van der Waals surface area contributed by atoms with E-state index >= 15 is 0 Å². The van der Waals surface area contributed by atoms with Crippen LogP contribution in [0.3, 0.4) is 0 Å². The SMILES string of the molecule is CCCOc1ccccc1C(=O)C1C(C(=O)c2ccco2)C2(C(=O)Nc3ccccc32)C2c3ccccc3C=CN12. The van der Waals surface area contributed by atoms with E-state index < -0.39 is 29.2 Å². The number of hydrogen-bond acceptors (Lipinski definition) is 6. The van der Waals surface area contributed by atoms with Gasteiger partial charge in [0.2, 0.25) is 11.7 Å². The smallest absolute Gasteiger partial charge is 0.238 e. The van der Waals surface area contributed by atoms with Crippen LogP contribution in [-0.4, -0.2) is 35.0 Å². The van der Waals surface area contributed by atoms with Crippen molar-refractivity contribution in [2.75, 3.05) is 11.9 Å². The molecule has 0 saturated carbocycles. The van der Waals surface area contributed by atoms with Crippen molar-refractivity contribution < 1.29 is 23.5 Å². The number of amides is 1. The molecule has 204 valence electrons. The summed E-state index contributed by atoms with van der Waals surface area (Å²) in [6.45, 7) is 2.45. The Hall–Kier alpha value is -4.91. The van der Waals surface area contributed by atoms with Gasteiger partial charge in [0.1, 0.15) is 17.2 Å². The third-order valence-electron chi connectivity index (χ3n) is 8.50. The zero-order valence-corrected chi connectivity index (χ0v) is 22.4. The van der Waals surface area contributed by atoms with Crippen LogP contribution in [0, 0.1) is 5.92 Å². The fourth-order valence-electron chi connectivity index (χ4n) is 6.91. The van der Waals surface area contributed by atoms with Crippen LogP contribution < -0.4 is 10.1 Å². The lowest BCUT2D eigenvalue weighted by Crippen LogP contribution is -2.49. The minimum absolute atomic E-state index is 0.108. The number of fused-ring (bicyclic) bond motifs is 6. The van der Waals surface area contributed by atoms with Gasteiger partial charge in [0.05, 0.1) is 30.4 Å². The zero-order valence-electron chi connectivity index (χ0n) is 22.4. The lowest BCUT2D eigenvalue weighted by molar-refractivity contribution is -0.122. The van der Waals surface area contributed by atoms with Crippen LogP contribution in [0.15, 0.2) is 102 Å². The Bertz CT molecular complexity index is 1710. The Morgan fingerprint density at radius 2 is 1.73 bits per heavy atom. The topological polar surface area (TPSA) is 88.9 Å². The third kappa shape index (κ3) is 3.55. The van der Waals surface area contributed by atoms with Crippen LogP contribution in [0.2, 0.25) is 0 Å². The van der Waals surface area contributed by atoms with E-state index in [-0.39, 0.29) is 17.5 Å².